The van der Waals surface area contributed by atoms with Crippen molar-refractivity contribution >= 4 is 5.91 Å². The van der Waals surface area contributed by atoms with Crippen molar-refractivity contribution < 1.29 is 14.3 Å². The number of carbonyl (C=O) groups excluding carboxylic acids is 1. The molecule has 1 aliphatic heterocycles. The molecule has 1 saturated carbocycles. The predicted octanol–water partition coefficient (Wildman–Crippen LogP) is 3.48. The van der Waals surface area contributed by atoms with Crippen LogP contribution in [0.3, 0.4) is 0 Å². The Kier molecular flexibility index (Phi) is 5.53. The van der Waals surface area contributed by atoms with Crippen LogP contribution in [0.5, 0.6) is 11.5 Å². The smallest absolute Gasteiger partial charge is 0.221 e. The number of hydrogen-bond donors (Lipinski definition) is 2. The highest BCUT2D eigenvalue weighted by Gasteiger charge is 2.36. The number of rotatable bonds is 6. The van der Waals surface area contributed by atoms with E-state index in [1.807, 2.05) is 36.4 Å². The molecule has 3 N–H and O–H groups in total. The van der Waals surface area contributed by atoms with Crippen molar-refractivity contribution in [3.8, 4) is 11.5 Å². The fraction of sp³-hybridized carbons (Fsp3) is 0.435. The molecule has 0 spiro atoms. The van der Waals surface area contributed by atoms with Crippen molar-refractivity contribution in [1.29, 1.82) is 0 Å². The average molecular weight is 380 g/mol. The van der Waals surface area contributed by atoms with E-state index >= 15 is 0 Å². The third kappa shape index (κ3) is 3.99. The summed E-state index contributed by atoms with van der Waals surface area (Å²) in [6, 6.07) is 15.7. The molecule has 0 bridgehead atoms. The first-order valence-corrected chi connectivity index (χ1v) is 10.1. The van der Waals surface area contributed by atoms with E-state index in [0.717, 1.165) is 29.9 Å². The van der Waals surface area contributed by atoms with E-state index in [4.69, 9.17) is 15.2 Å². The van der Waals surface area contributed by atoms with Gasteiger partial charge in [0, 0.05) is 24.4 Å². The number of amides is 1. The van der Waals surface area contributed by atoms with Gasteiger partial charge >= 0.3 is 0 Å². The fourth-order valence-corrected chi connectivity index (χ4v) is 4.35. The van der Waals surface area contributed by atoms with Gasteiger partial charge in [0.15, 0.2) is 11.5 Å². The van der Waals surface area contributed by atoms with Crippen LogP contribution in [0.2, 0.25) is 0 Å². The topological polar surface area (TPSA) is 73.6 Å². The van der Waals surface area contributed by atoms with E-state index in [1.165, 1.54) is 18.4 Å². The van der Waals surface area contributed by atoms with Crippen molar-refractivity contribution in [1.82, 2.24) is 5.32 Å². The van der Waals surface area contributed by atoms with Crippen molar-refractivity contribution in [2.45, 2.75) is 43.6 Å². The highest BCUT2D eigenvalue weighted by atomic mass is 16.6. The van der Waals surface area contributed by atoms with Crippen molar-refractivity contribution in [2.75, 3.05) is 19.8 Å². The van der Waals surface area contributed by atoms with E-state index < -0.39 is 0 Å². The second kappa shape index (κ2) is 8.23. The Balaban J connectivity index is 1.43. The number of fused-ring (bicyclic) bond motifs is 1. The number of hydrogen-bond acceptors (Lipinski definition) is 4. The van der Waals surface area contributed by atoms with Gasteiger partial charge in [0.25, 0.3) is 0 Å². The largest absolute Gasteiger partial charge is 0.486 e. The maximum Gasteiger partial charge on any atom is 0.221 e. The molecule has 1 fully saturated rings. The maximum atomic E-state index is 12.6. The number of carbonyl (C=O) groups is 1. The zero-order chi connectivity index (χ0) is 19.4. The van der Waals surface area contributed by atoms with Gasteiger partial charge in [-0.3, -0.25) is 4.79 Å². The SMILES string of the molecule is NC(CC(=O)NCC1(c2ccc3c(c2)OCCO3)CCCC1)c1ccccc1. The Labute approximate surface area is 166 Å². The van der Waals surface area contributed by atoms with Crippen molar-refractivity contribution in [2.24, 2.45) is 5.73 Å². The first-order chi connectivity index (χ1) is 13.7. The van der Waals surface area contributed by atoms with Gasteiger partial charge in [-0.25, -0.2) is 0 Å². The third-order valence-corrected chi connectivity index (χ3v) is 5.97. The molecule has 1 amide bonds. The van der Waals surface area contributed by atoms with Crippen LogP contribution in [0.4, 0.5) is 0 Å². The molecule has 2 aromatic carbocycles. The van der Waals surface area contributed by atoms with E-state index in [2.05, 4.69) is 17.4 Å². The summed E-state index contributed by atoms with van der Waals surface area (Å²) < 4.78 is 11.4. The normalized spacial score (nSPS) is 18.5. The Morgan fingerprint density at radius 2 is 1.75 bits per heavy atom. The Bertz CT molecular complexity index is 816. The van der Waals surface area contributed by atoms with Crippen molar-refractivity contribution in [3.05, 3.63) is 59.7 Å². The van der Waals surface area contributed by atoms with Crippen LogP contribution in [-0.2, 0) is 10.2 Å². The molecule has 0 aromatic heterocycles. The quantitative estimate of drug-likeness (QED) is 0.805. The summed E-state index contributed by atoms with van der Waals surface area (Å²) in [5.74, 6) is 1.62. The van der Waals surface area contributed by atoms with Crippen LogP contribution in [-0.4, -0.2) is 25.7 Å². The summed E-state index contributed by atoms with van der Waals surface area (Å²) in [6.45, 7) is 1.81. The van der Waals surface area contributed by atoms with E-state index in [0.29, 0.717) is 26.2 Å². The van der Waals surface area contributed by atoms with Crippen LogP contribution in [0.1, 0.15) is 49.3 Å². The summed E-state index contributed by atoms with van der Waals surface area (Å²) in [7, 11) is 0. The summed E-state index contributed by atoms with van der Waals surface area (Å²) >= 11 is 0. The first kappa shape index (κ1) is 18.8. The molecule has 1 heterocycles. The lowest BCUT2D eigenvalue weighted by Gasteiger charge is -2.31. The van der Waals surface area contributed by atoms with E-state index in [9.17, 15) is 4.79 Å². The lowest BCUT2D eigenvalue weighted by Crippen LogP contribution is -2.40. The number of ether oxygens (including phenoxy) is 2. The maximum absolute atomic E-state index is 12.6. The monoisotopic (exact) mass is 380 g/mol. The second-order valence-corrected chi connectivity index (χ2v) is 7.84. The molecule has 2 aliphatic rings. The Morgan fingerprint density at radius 3 is 2.50 bits per heavy atom. The minimum absolute atomic E-state index is 0.000159. The molecule has 0 radical (unpaired) electrons. The molecule has 5 nitrogen and oxygen atoms in total. The molecule has 1 unspecified atom stereocenters. The van der Waals surface area contributed by atoms with E-state index in [1.54, 1.807) is 0 Å². The molecular weight excluding hydrogens is 352 g/mol. The van der Waals surface area contributed by atoms with Crippen LogP contribution < -0.4 is 20.5 Å². The van der Waals surface area contributed by atoms with Gasteiger partial charge in [-0.15, -0.1) is 0 Å². The van der Waals surface area contributed by atoms with Gasteiger partial charge in [0.1, 0.15) is 13.2 Å². The van der Waals surface area contributed by atoms with Gasteiger partial charge in [0.05, 0.1) is 0 Å². The third-order valence-electron chi connectivity index (χ3n) is 5.97. The van der Waals surface area contributed by atoms with Crippen molar-refractivity contribution in [3.63, 3.8) is 0 Å². The molecule has 5 heteroatoms. The number of nitrogens with two attached hydrogens (primary N) is 1. The Hall–Kier alpha value is -2.53. The molecular formula is C23H28N2O3. The first-order valence-electron chi connectivity index (χ1n) is 10.1. The lowest BCUT2D eigenvalue weighted by molar-refractivity contribution is -0.121. The zero-order valence-corrected chi connectivity index (χ0v) is 16.2. The molecule has 1 aliphatic carbocycles. The predicted molar refractivity (Wildman–Crippen MR) is 109 cm³/mol. The van der Waals surface area contributed by atoms with Gasteiger partial charge in [0.2, 0.25) is 5.91 Å². The van der Waals surface area contributed by atoms with Crippen LogP contribution in [0.15, 0.2) is 48.5 Å². The van der Waals surface area contributed by atoms with Crippen LogP contribution in [0, 0.1) is 0 Å². The van der Waals surface area contributed by atoms with Gasteiger partial charge < -0.3 is 20.5 Å². The molecule has 148 valence electrons. The highest BCUT2D eigenvalue weighted by molar-refractivity contribution is 5.77. The minimum atomic E-state index is -0.282. The summed E-state index contributed by atoms with van der Waals surface area (Å²) in [5, 5.41) is 3.15. The molecule has 2 aromatic rings. The summed E-state index contributed by atoms with van der Waals surface area (Å²) in [4.78, 5) is 12.6. The molecule has 0 saturated heterocycles. The molecule has 4 rings (SSSR count). The minimum Gasteiger partial charge on any atom is -0.486 e. The standard InChI is InChI=1S/C23H28N2O3/c24-19(17-6-2-1-3-7-17)15-22(26)25-16-23(10-4-5-11-23)18-8-9-20-21(14-18)28-13-12-27-20/h1-3,6-9,14,19H,4-5,10-13,15-16,24H2,(H,25,26). The number of benzene rings is 2. The van der Waals surface area contributed by atoms with Gasteiger partial charge in [-0.2, -0.15) is 0 Å². The Morgan fingerprint density at radius 1 is 1.04 bits per heavy atom. The number of nitrogens with one attached hydrogen (secondary N) is 1. The van der Waals surface area contributed by atoms with Crippen LogP contribution >= 0.6 is 0 Å². The lowest BCUT2D eigenvalue weighted by atomic mass is 9.78. The highest BCUT2D eigenvalue weighted by Crippen LogP contribution is 2.43. The fourth-order valence-electron chi connectivity index (χ4n) is 4.35. The second-order valence-electron chi connectivity index (χ2n) is 7.84. The van der Waals surface area contributed by atoms with E-state index in [-0.39, 0.29) is 17.4 Å². The zero-order valence-electron chi connectivity index (χ0n) is 16.2. The van der Waals surface area contributed by atoms with Gasteiger partial charge in [-0.1, -0.05) is 49.2 Å². The average Bonchev–Trinajstić information content (AvgIpc) is 3.23. The van der Waals surface area contributed by atoms with Gasteiger partial charge in [-0.05, 0) is 36.1 Å². The summed E-state index contributed by atoms with van der Waals surface area (Å²) in [5.41, 5.74) is 8.38. The molecule has 28 heavy (non-hydrogen) atoms. The van der Waals surface area contributed by atoms with Crippen LogP contribution in [0.25, 0.3) is 0 Å². The molecule has 1 atom stereocenters. The summed E-state index contributed by atoms with van der Waals surface area (Å²) in [6.07, 6.45) is 4.78.